The number of anilines is 3. The number of aromatic nitrogens is 5. The van der Waals surface area contributed by atoms with Crippen molar-refractivity contribution in [3.8, 4) is 11.8 Å². The molecule has 5 rings (SSSR count). The number of pyridine rings is 1. The Morgan fingerprint density at radius 1 is 1.19 bits per heavy atom. The van der Waals surface area contributed by atoms with Crippen LogP contribution < -0.4 is 10.6 Å². The average Bonchev–Trinajstić information content (AvgIpc) is 3.27. The minimum atomic E-state index is -0.385. The molecule has 4 heterocycles. The van der Waals surface area contributed by atoms with Crippen molar-refractivity contribution in [3.63, 3.8) is 0 Å². The summed E-state index contributed by atoms with van der Waals surface area (Å²) in [6, 6.07) is 3.71. The number of aromatic amines is 1. The molecule has 8 nitrogen and oxygen atoms in total. The number of hydrogen-bond acceptors (Lipinski definition) is 6. The van der Waals surface area contributed by atoms with Crippen LogP contribution >= 0.6 is 0 Å². The molecule has 1 saturated carbocycles. The summed E-state index contributed by atoms with van der Waals surface area (Å²) in [5.74, 6) is 7.02. The maximum Gasteiger partial charge on any atom is 0.236 e. The predicted octanol–water partition coefficient (Wildman–Crippen LogP) is 1.72. The zero-order valence-electron chi connectivity index (χ0n) is 13.6. The number of hydrogen-bond donors (Lipinski definition) is 3. The summed E-state index contributed by atoms with van der Waals surface area (Å²) < 4.78 is 0. The van der Waals surface area contributed by atoms with Gasteiger partial charge in [-0.3, -0.25) is 14.9 Å². The lowest BCUT2D eigenvalue weighted by molar-refractivity contribution is -0.117. The first-order valence-corrected chi connectivity index (χ1v) is 8.16. The van der Waals surface area contributed by atoms with Gasteiger partial charge in [0.05, 0.1) is 17.3 Å². The fraction of sp³-hybridized carbons (Fsp3) is 0.167. The number of nitrogens with zero attached hydrogens (tertiary/aromatic N) is 4. The lowest BCUT2D eigenvalue weighted by atomic mass is 10.0. The van der Waals surface area contributed by atoms with E-state index in [4.69, 9.17) is 0 Å². The average molecular weight is 343 g/mol. The van der Waals surface area contributed by atoms with Gasteiger partial charge in [-0.1, -0.05) is 5.92 Å². The van der Waals surface area contributed by atoms with Gasteiger partial charge in [-0.05, 0) is 30.9 Å². The van der Waals surface area contributed by atoms with Gasteiger partial charge in [0.1, 0.15) is 11.5 Å². The molecule has 26 heavy (non-hydrogen) atoms. The number of rotatable bonds is 2. The molecule has 0 aromatic carbocycles. The van der Waals surface area contributed by atoms with E-state index >= 15 is 0 Å². The van der Waals surface area contributed by atoms with E-state index in [1.807, 2.05) is 12.1 Å². The van der Waals surface area contributed by atoms with E-state index in [0.29, 0.717) is 23.1 Å². The van der Waals surface area contributed by atoms with Crippen molar-refractivity contribution in [2.45, 2.75) is 18.3 Å². The Morgan fingerprint density at radius 2 is 2.12 bits per heavy atom. The Morgan fingerprint density at radius 3 is 2.92 bits per heavy atom. The topological polar surface area (TPSA) is 108 Å². The highest BCUT2D eigenvalue weighted by Crippen LogP contribution is 2.54. The van der Waals surface area contributed by atoms with Gasteiger partial charge >= 0.3 is 0 Å². The van der Waals surface area contributed by atoms with Crippen molar-refractivity contribution < 1.29 is 4.79 Å². The van der Waals surface area contributed by atoms with E-state index < -0.39 is 0 Å². The van der Waals surface area contributed by atoms with Gasteiger partial charge in [0, 0.05) is 29.7 Å². The zero-order chi connectivity index (χ0) is 17.6. The van der Waals surface area contributed by atoms with Crippen LogP contribution in [0.15, 0.2) is 36.9 Å². The fourth-order valence-electron chi connectivity index (χ4n) is 3.03. The van der Waals surface area contributed by atoms with Crippen LogP contribution in [0.3, 0.4) is 0 Å². The van der Waals surface area contributed by atoms with Crippen molar-refractivity contribution in [3.05, 3.63) is 53.7 Å². The Hall–Kier alpha value is -3.73. The molecule has 1 fully saturated rings. The van der Waals surface area contributed by atoms with Crippen LogP contribution in [0.25, 0.3) is 0 Å². The molecule has 0 saturated heterocycles. The molecular weight excluding hydrogens is 330 g/mol. The lowest BCUT2D eigenvalue weighted by Crippen LogP contribution is -2.18. The van der Waals surface area contributed by atoms with Crippen LogP contribution in [0.5, 0.6) is 0 Å². The summed E-state index contributed by atoms with van der Waals surface area (Å²) in [6.45, 7) is 0. The van der Waals surface area contributed by atoms with E-state index in [1.165, 1.54) is 0 Å². The van der Waals surface area contributed by atoms with Crippen LogP contribution in [0, 0.1) is 11.8 Å². The van der Waals surface area contributed by atoms with Crippen molar-refractivity contribution in [1.29, 1.82) is 0 Å². The van der Waals surface area contributed by atoms with Gasteiger partial charge < -0.3 is 10.6 Å². The maximum atomic E-state index is 12.1. The molecule has 8 heteroatoms. The molecule has 3 aromatic rings. The van der Waals surface area contributed by atoms with Gasteiger partial charge in [0.25, 0.3) is 0 Å². The lowest BCUT2D eigenvalue weighted by Gasteiger charge is -2.06. The third-order valence-corrected chi connectivity index (χ3v) is 4.60. The molecule has 1 aliphatic heterocycles. The quantitative estimate of drug-likeness (QED) is 0.612. The third-order valence-electron chi connectivity index (χ3n) is 4.60. The first-order valence-electron chi connectivity index (χ1n) is 8.16. The molecule has 0 unspecified atom stereocenters. The molecule has 0 bridgehead atoms. The van der Waals surface area contributed by atoms with Crippen molar-refractivity contribution in [2.75, 3.05) is 10.6 Å². The summed E-state index contributed by atoms with van der Waals surface area (Å²) >= 11 is 0. The fourth-order valence-corrected chi connectivity index (χ4v) is 3.03. The second-order valence-corrected chi connectivity index (χ2v) is 6.27. The van der Waals surface area contributed by atoms with Gasteiger partial charge in [-0.15, -0.1) is 0 Å². The van der Waals surface area contributed by atoms with E-state index in [-0.39, 0.29) is 11.3 Å². The van der Waals surface area contributed by atoms with E-state index in [1.54, 1.807) is 24.8 Å². The van der Waals surface area contributed by atoms with E-state index in [9.17, 15) is 4.79 Å². The second-order valence-electron chi connectivity index (χ2n) is 6.27. The highest BCUT2D eigenvalue weighted by molar-refractivity contribution is 6.07. The summed E-state index contributed by atoms with van der Waals surface area (Å²) in [6.07, 6.45) is 8.44. The van der Waals surface area contributed by atoms with E-state index in [0.717, 1.165) is 24.0 Å². The molecule has 1 aliphatic carbocycles. The standard InChI is InChI=1S/C18H13N7O/c26-16-18(5-6-18)12-9-20-17(24-15(12)23-16)22-14-10-21-25-13(14)4-3-11-2-1-7-19-8-11/h1-2,7-10H,5-6H2,(H,21,25)(H2,20,22,23,24,26). The summed E-state index contributed by atoms with van der Waals surface area (Å²) in [4.78, 5) is 24.9. The van der Waals surface area contributed by atoms with E-state index in [2.05, 4.69) is 47.6 Å². The van der Waals surface area contributed by atoms with Crippen molar-refractivity contribution in [1.82, 2.24) is 25.1 Å². The van der Waals surface area contributed by atoms with Crippen LogP contribution in [-0.4, -0.2) is 31.1 Å². The first kappa shape index (κ1) is 14.6. The number of fused-ring (bicyclic) bond motifs is 2. The number of amides is 1. The predicted molar refractivity (Wildman–Crippen MR) is 93.7 cm³/mol. The highest BCUT2D eigenvalue weighted by atomic mass is 16.2. The molecule has 0 atom stereocenters. The molecule has 2 aliphatic rings. The number of nitrogens with one attached hydrogen (secondary N) is 3. The minimum absolute atomic E-state index is 0.0188. The molecule has 126 valence electrons. The third kappa shape index (κ3) is 2.29. The first-order chi connectivity index (χ1) is 12.7. The molecule has 3 aromatic heterocycles. The Bertz CT molecular complexity index is 1070. The molecule has 3 N–H and O–H groups in total. The maximum absolute atomic E-state index is 12.1. The Kier molecular flexibility index (Phi) is 3.03. The summed E-state index contributed by atoms with van der Waals surface area (Å²) in [5.41, 5.74) is 2.58. The highest BCUT2D eigenvalue weighted by Gasteiger charge is 2.57. The van der Waals surface area contributed by atoms with Crippen LogP contribution in [-0.2, 0) is 10.2 Å². The minimum Gasteiger partial charge on any atom is -0.320 e. The van der Waals surface area contributed by atoms with Gasteiger partial charge in [-0.25, -0.2) is 4.98 Å². The van der Waals surface area contributed by atoms with Gasteiger partial charge in [-0.2, -0.15) is 10.1 Å². The Labute approximate surface area is 148 Å². The summed E-state index contributed by atoms with van der Waals surface area (Å²) in [5, 5.41) is 12.8. The number of H-pyrrole nitrogens is 1. The zero-order valence-corrected chi connectivity index (χ0v) is 13.6. The van der Waals surface area contributed by atoms with Gasteiger partial charge in [0.2, 0.25) is 11.9 Å². The van der Waals surface area contributed by atoms with Crippen LogP contribution in [0.2, 0.25) is 0 Å². The smallest absolute Gasteiger partial charge is 0.236 e. The molecular formula is C18H13N7O. The van der Waals surface area contributed by atoms with Crippen molar-refractivity contribution >= 4 is 23.4 Å². The normalized spacial score (nSPS) is 15.8. The molecule has 1 spiro atoms. The SMILES string of the molecule is O=C1Nc2nc(Nc3cn[nH]c3C#Cc3cccnc3)ncc2C12CC2. The number of carbonyl (C=O) groups excluding carboxylic acids is 1. The largest absolute Gasteiger partial charge is 0.320 e. The summed E-state index contributed by atoms with van der Waals surface area (Å²) in [7, 11) is 0. The molecule has 1 amide bonds. The van der Waals surface area contributed by atoms with Gasteiger partial charge in [0.15, 0.2) is 0 Å². The monoisotopic (exact) mass is 343 g/mol. The van der Waals surface area contributed by atoms with Crippen molar-refractivity contribution in [2.24, 2.45) is 0 Å². The Balaban J connectivity index is 1.41. The van der Waals surface area contributed by atoms with Crippen LogP contribution in [0.1, 0.15) is 29.7 Å². The molecule has 0 radical (unpaired) electrons. The second kappa shape index (κ2) is 5.39. The van der Waals surface area contributed by atoms with Crippen LogP contribution in [0.4, 0.5) is 17.5 Å². The number of carbonyl (C=O) groups is 1.